The molecule has 27 heavy (non-hydrogen) atoms. The molecule has 0 atom stereocenters. The Morgan fingerprint density at radius 1 is 1.15 bits per heavy atom. The van der Waals surface area contributed by atoms with Crippen LogP contribution in [-0.2, 0) is 4.79 Å². The first-order valence-corrected chi connectivity index (χ1v) is 10.1. The van der Waals surface area contributed by atoms with Crippen LogP contribution in [-0.4, -0.2) is 33.0 Å². The molecular formula is C20H21ClN4OS. The zero-order valence-electron chi connectivity index (χ0n) is 15.3. The second-order valence-corrected chi connectivity index (χ2v) is 7.45. The molecule has 0 fully saturated rings. The minimum absolute atomic E-state index is 0.00535. The fraction of sp³-hybridized carbons (Fsp3) is 0.250. The third-order valence-electron chi connectivity index (χ3n) is 4.00. The Labute approximate surface area is 168 Å². The molecule has 0 spiro atoms. The van der Waals surface area contributed by atoms with Gasteiger partial charge in [-0.25, -0.2) is 0 Å². The van der Waals surface area contributed by atoms with Gasteiger partial charge in [0, 0.05) is 17.1 Å². The number of rotatable bonds is 7. The predicted molar refractivity (Wildman–Crippen MR) is 111 cm³/mol. The topological polar surface area (TPSA) is 59.8 Å². The average molecular weight is 401 g/mol. The minimum Gasteiger partial charge on any atom is -0.355 e. The maximum atomic E-state index is 12.0. The monoisotopic (exact) mass is 400 g/mol. The van der Waals surface area contributed by atoms with Crippen molar-refractivity contribution in [3.05, 3.63) is 59.1 Å². The first kappa shape index (κ1) is 19.5. The molecule has 0 saturated carbocycles. The van der Waals surface area contributed by atoms with Crippen LogP contribution in [0.25, 0.3) is 17.1 Å². The van der Waals surface area contributed by atoms with Gasteiger partial charge in [0.25, 0.3) is 0 Å². The van der Waals surface area contributed by atoms with Gasteiger partial charge in [-0.1, -0.05) is 48.5 Å². The van der Waals surface area contributed by atoms with Crippen molar-refractivity contribution < 1.29 is 4.79 Å². The van der Waals surface area contributed by atoms with E-state index < -0.39 is 0 Å². The number of nitrogens with zero attached hydrogens (tertiary/aromatic N) is 3. The van der Waals surface area contributed by atoms with E-state index in [0.717, 1.165) is 29.1 Å². The molecule has 0 unspecified atom stereocenters. The molecular weight excluding hydrogens is 380 g/mol. The fourth-order valence-electron chi connectivity index (χ4n) is 2.63. The summed E-state index contributed by atoms with van der Waals surface area (Å²) in [6.07, 6.45) is 0.913. The number of aryl methyl sites for hydroxylation is 1. The number of carbonyl (C=O) groups excluding carboxylic acids is 1. The van der Waals surface area contributed by atoms with Crippen LogP contribution in [0.1, 0.15) is 18.9 Å². The number of benzene rings is 2. The molecule has 3 rings (SSSR count). The van der Waals surface area contributed by atoms with E-state index >= 15 is 0 Å². The summed E-state index contributed by atoms with van der Waals surface area (Å²) in [7, 11) is 0. The van der Waals surface area contributed by atoms with Crippen LogP contribution in [0.2, 0.25) is 5.02 Å². The molecule has 0 aliphatic carbocycles. The van der Waals surface area contributed by atoms with Gasteiger partial charge < -0.3 is 5.32 Å². The van der Waals surface area contributed by atoms with Crippen molar-refractivity contribution in [3.8, 4) is 17.1 Å². The molecule has 1 N–H and O–H groups in total. The lowest BCUT2D eigenvalue weighted by atomic mass is 10.1. The lowest BCUT2D eigenvalue weighted by molar-refractivity contribution is -0.118. The van der Waals surface area contributed by atoms with Crippen LogP contribution in [0.15, 0.2) is 53.7 Å². The molecule has 0 aliphatic rings. The Kier molecular flexibility index (Phi) is 6.53. The highest BCUT2D eigenvalue weighted by Gasteiger charge is 2.18. The summed E-state index contributed by atoms with van der Waals surface area (Å²) in [6.45, 7) is 4.75. The zero-order chi connectivity index (χ0) is 19.2. The van der Waals surface area contributed by atoms with E-state index in [2.05, 4.69) is 15.5 Å². The molecule has 7 heteroatoms. The second-order valence-electron chi connectivity index (χ2n) is 6.07. The van der Waals surface area contributed by atoms with Crippen LogP contribution in [0, 0.1) is 6.92 Å². The van der Waals surface area contributed by atoms with Crippen LogP contribution < -0.4 is 5.32 Å². The molecule has 2 aromatic carbocycles. The summed E-state index contributed by atoms with van der Waals surface area (Å²) < 4.78 is 2.00. The maximum Gasteiger partial charge on any atom is 0.230 e. The molecule has 3 aromatic rings. The van der Waals surface area contributed by atoms with E-state index in [1.165, 1.54) is 11.8 Å². The van der Waals surface area contributed by atoms with Gasteiger partial charge in [-0.2, -0.15) is 0 Å². The van der Waals surface area contributed by atoms with Crippen LogP contribution in [0.4, 0.5) is 0 Å². The van der Waals surface area contributed by atoms with Crippen molar-refractivity contribution in [1.29, 1.82) is 0 Å². The van der Waals surface area contributed by atoms with E-state index in [1.54, 1.807) is 0 Å². The third-order valence-corrected chi connectivity index (χ3v) is 5.18. The highest BCUT2D eigenvalue weighted by molar-refractivity contribution is 7.99. The van der Waals surface area contributed by atoms with Crippen molar-refractivity contribution in [2.45, 2.75) is 25.4 Å². The standard InChI is InChI=1S/C20H21ClN4OS/c1-3-12-22-18(26)13-27-20-24-23-19(15-8-10-16(21)11-9-15)25(20)17-7-5-4-6-14(17)2/h4-11H,3,12-13H2,1-2H3,(H,22,26). The second kappa shape index (κ2) is 9.06. The summed E-state index contributed by atoms with van der Waals surface area (Å²) >= 11 is 7.40. The van der Waals surface area contributed by atoms with E-state index in [1.807, 2.05) is 66.9 Å². The van der Waals surface area contributed by atoms with Gasteiger partial charge in [-0.15, -0.1) is 10.2 Å². The van der Waals surface area contributed by atoms with Crippen molar-refractivity contribution in [1.82, 2.24) is 20.1 Å². The van der Waals surface area contributed by atoms with Crippen LogP contribution >= 0.6 is 23.4 Å². The van der Waals surface area contributed by atoms with E-state index in [0.29, 0.717) is 22.5 Å². The van der Waals surface area contributed by atoms with Crippen LogP contribution in [0.3, 0.4) is 0 Å². The van der Waals surface area contributed by atoms with Gasteiger partial charge in [0.15, 0.2) is 11.0 Å². The number of nitrogens with one attached hydrogen (secondary N) is 1. The third kappa shape index (κ3) is 4.70. The first-order valence-electron chi connectivity index (χ1n) is 8.77. The van der Waals surface area contributed by atoms with Gasteiger partial charge >= 0.3 is 0 Å². The summed E-state index contributed by atoms with van der Waals surface area (Å²) in [5, 5.41) is 13.0. The molecule has 0 radical (unpaired) electrons. The number of hydrogen-bond donors (Lipinski definition) is 1. The number of hydrogen-bond acceptors (Lipinski definition) is 4. The number of carbonyl (C=O) groups is 1. The Hall–Kier alpha value is -2.31. The van der Waals surface area contributed by atoms with E-state index in [9.17, 15) is 4.79 Å². The molecule has 140 valence electrons. The van der Waals surface area contributed by atoms with Crippen molar-refractivity contribution in [3.63, 3.8) is 0 Å². The predicted octanol–water partition coefficient (Wildman–Crippen LogP) is 4.51. The summed E-state index contributed by atoms with van der Waals surface area (Å²) in [5.41, 5.74) is 3.01. The molecule has 5 nitrogen and oxygen atoms in total. The number of para-hydroxylation sites is 1. The molecule has 0 saturated heterocycles. The first-order chi connectivity index (χ1) is 13.1. The summed E-state index contributed by atoms with van der Waals surface area (Å²) in [4.78, 5) is 12.0. The van der Waals surface area contributed by atoms with Gasteiger partial charge in [0.05, 0.1) is 11.4 Å². The number of thioether (sulfide) groups is 1. The van der Waals surface area contributed by atoms with Gasteiger partial charge in [-0.3, -0.25) is 9.36 Å². The van der Waals surface area contributed by atoms with Crippen molar-refractivity contribution in [2.24, 2.45) is 0 Å². The average Bonchev–Trinajstić information content (AvgIpc) is 3.09. The smallest absolute Gasteiger partial charge is 0.230 e. The van der Waals surface area contributed by atoms with E-state index in [4.69, 9.17) is 11.6 Å². The largest absolute Gasteiger partial charge is 0.355 e. The maximum absolute atomic E-state index is 12.0. The lowest BCUT2D eigenvalue weighted by Crippen LogP contribution is -2.25. The quantitative estimate of drug-likeness (QED) is 0.592. The molecule has 1 aromatic heterocycles. The molecule has 1 heterocycles. The minimum atomic E-state index is -0.00535. The Morgan fingerprint density at radius 2 is 1.89 bits per heavy atom. The van der Waals surface area contributed by atoms with Crippen LogP contribution in [0.5, 0.6) is 0 Å². The summed E-state index contributed by atoms with van der Waals surface area (Å²) in [5.74, 6) is 1.01. The van der Waals surface area contributed by atoms with Gasteiger partial charge in [0.2, 0.25) is 5.91 Å². The molecule has 0 bridgehead atoms. The van der Waals surface area contributed by atoms with E-state index in [-0.39, 0.29) is 5.91 Å². The zero-order valence-corrected chi connectivity index (χ0v) is 16.8. The van der Waals surface area contributed by atoms with Gasteiger partial charge in [0.1, 0.15) is 0 Å². The highest BCUT2D eigenvalue weighted by Crippen LogP contribution is 2.29. The number of halogens is 1. The number of aromatic nitrogens is 3. The van der Waals surface area contributed by atoms with Crippen molar-refractivity contribution in [2.75, 3.05) is 12.3 Å². The lowest BCUT2D eigenvalue weighted by Gasteiger charge is -2.13. The fourth-order valence-corrected chi connectivity index (χ4v) is 3.53. The highest BCUT2D eigenvalue weighted by atomic mass is 35.5. The van der Waals surface area contributed by atoms with Crippen molar-refractivity contribution >= 4 is 29.3 Å². The molecule has 1 amide bonds. The summed E-state index contributed by atoms with van der Waals surface area (Å²) in [6, 6.07) is 15.6. The van der Waals surface area contributed by atoms with Gasteiger partial charge in [-0.05, 0) is 49.2 Å². The molecule has 0 aliphatic heterocycles. The SMILES string of the molecule is CCCNC(=O)CSc1nnc(-c2ccc(Cl)cc2)n1-c1ccccc1C. The normalized spacial score (nSPS) is 10.8. The Morgan fingerprint density at radius 3 is 2.59 bits per heavy atom. The Bertz CT molecular complexity index is 924. The number of amides is 1. The Balaban J connectivity index is 1.98.